The summed E-state index contributed by atoms with van der Waals surface area (Å²) in [6.07, 6.45) is 0.576. The van der Waals surface area contributed by atoms with Gasteiger partial charge < -0.3 is 4.74 Å². The van der Waals surface area contributed by atoms with E-state index in [1.807, 2.05) is 13.8 Å². The Labute approximate surface area is 82.9 Å². The second-order valence-electron chi connectivity index (χ2n) is 2.06. The Kier molecular flexibility index (Phi) is 5.94. The predicted octanol–water partition coefficient (Wildman–Crippen LogP) is 1.71. The normalized spacial score (nSPS) is 8.21. The molecular weight excluding hydrogens is 182 g/mol. The van der Waals surface area contributed by atoms with E-state index >= 15 is 0 Å². The van der Waals surface area contributed by atoms with Crippen LogP contribution in [-0.2, 0) is 4.74 Å². The van der Waals surface area contributed by atoms with Crippen molar-refractivity contribution >= 4 is 12.3 Å². The minimum absolute atomic E-state index is 0.141. The molecule has 0 saturated carbocycles. The lowest BCUT2D eigenvalue weighted by Gasteiger charge is -1.97. The molecule has 0 radical (unpaired) electrons. The second-order valence-corrected chi connectivity index (χ2v) is 2.06. The van der Waals surface area contributed by atoms with Gasteiger partial charge in [0, 0.05) is 0 Å². The number of hydrogen-bond donors (Lipinski definition) is 0. The molecular formula is C10H13NO3. The average molecular weight is 195 g/mol. The fourth-order valence-corrected chi connectivity index (χ4v) is 0.735. The van der Waals surface area contributed by atoms with Crippen LogP contribution in [0.3, 0.4) is 0 Å². The molecule has 1 aromatic heterocycles. The maximum atomic E-state index is 10.9. The number of hydrogen-bond acceptors (Lipinski definition) is 4. The Bertz CT molecular complexity index is 310. The highest BCUT2D eigenvalue weighted by molar-refractivity contribution is 5.88. The third-order valence-electron chi connectivity index (χ3n) is 1.29. The third kappa shape index (κ3) is 3.35. The lowest BCUT2D eigenvalue weighted by molar-refractivity contribution is 0.0594. The van der Waals surface area contributed by atoms with Gasteiger partial charge in [-0.2, -0.15) is 0 Å². The fourth-order valence-electron chi connectivity index (χ4n) is 0.735. The van der Waals surface area contributed by atoms with Crippen molar-refractivity contribution in [2.75, 3.05) is 7.11 Å². The van der Waals surface area contributed by atoms with E-state index in [4.69, 9.17) is 0 Å². The summed E-state index contributed by atoms with van der Waals surface area (Å²) in [5, 5.41) is 0. The molecule has 0 aliphatic carbocycles. The molecule has 0 N–H and O–H groups in total. The van der Waals surface area contributed by atoms with Gasteiger partial charge in [0.15, 0.2) is 6.29 Å². The van der Waals surface area contributed by atoms with Crippen LogP contribution in [0.2, 0.25) is 0 Å². The van der Waals surface area contributed by atoms with Crippen LogP contribution in [0.4, 0.5) is 0 Å². The Balaban J connectivity index is 0.000000791. The van der Waals surface area contributed by atoms with Gasteiger partial charge in [-0.05, 0) is 12.1 Å². The SMILES string of the molecule is CC.COC(=O)c1cccc(C=O)n1. The number of pyridine rings is 1. The number of carbonyl (C=O) groups excluding carboxylic acids is 2. The minimum atomic E-state index is -0.543. The second kappa shape index (κ2) is 6.77. The maximum Gasteiger partial charge on any atom is 0.356 e. The minimum Gasteiger partial charge on any atom is -0.464 e. The van der Waals surface area contributed by atoms with Crippen molar-refractivity contribution in [1.29, 1.82) is 0 Å². The smallest absolute Gasteiger partial charge is 0.356 e. The Morgan fingerprint density at radius 2 is 2.07 bits per heavy atom. The molecule has 76 valence electrons. The Hall–Kier alpha value is -1.71. The molecule has 14 heavy (non-hydrogen) atoms. The third-order valence-corrected chi connectivity index (χ3v) is 1.29. The van der Waals surface area contributed by atoms with Crippen molar-refractivity contribution in [3.8, 4) is 0 Å². The maximum absolute atomic E-state index is 10.9. The summed E-state index contributed by atoms with van der Waals surface area (Å²) < 4.78 is 4.42. The van der Waals surface area contributed by atoms with Crippen molar-refractivity contribution in [3.05, 3.63) is 29.6 Å². The van der Waals surface area contributed by atoms with Crippen LogP contribution >= 0.6 is 0 Å². The van der Waals surface area contributed by atoms with E-state index in [0.717, 1.165) is 0 Å². The van der Waals surface area contributed by atoms with E-state index in [9.17, 15) is 9.59 Å². The van der Waals surface area contributed by atoms with Crippen molar-refractivity contribution < 1.29 is 14.3 Å². The van der Waals surface area contributed by atoms with Crippen LogP contribution in [0.1, 0.15) is 34.8 Å². The quantitative estimate of drug-likeness (QED) is 0.532. The first kappa shape index (κ1) is 12.3. The number of rotatable bonds is 2. The molecule has 0 aromatic carbocycles. The van der Waals surface area contributed by atoms with Crippen LogP contribution < -0.4 is 0 Å². The highest BCUT2D eigenvalue weighted by atomic mass is 16.5. The molecule has 0 unspecified atom stereocenters. The van der Waals surface area contributed by atoms with Crippen LogP contribution in [0.15, 0.2) is 18.2 Å². The first-order chi connectivity index (χ1) is 6.77. The molecule has 0 amide bonds. The first-order valence-corrected chi connectivity index (χ1v) is 4.28. The van der Waals surface area contributed by atoms with Crippen molar-refractivity contribution in [1.82, 2.24) is 4.98 Å². The van der Waals surface area contributed by atoms with Gasteiger partial charge in [0.05, 0.1) is 7.11 Å². The van der Waals surface area contributed by atoms with Crippen LogP contribution in [-0.4, -0.2) is 24.3 Å². The molecule has 1 aromatic rings. The standard InChI is InChI=1S/C8H7NO3.C2H6/c1-12-8(11)7-4-2-3-6(5-10)9-7;1-2/h2-5H,1H3;1-2H3. The van der Waals surface area contributed by atoms with Gasteiger partial charge >= 0.3 is 5.97 Å². The zero-order chi connectivity index (χ0) is 11.0. The monoisotopic (exact) mass is 195 g/mol. The summed E-state index contributed by atoms with van der Waals surface area (Å²) in [6, 6.07) is 4.57. The summed E-state index contributed by atoms with van der Waals surface area (Å²) in [5.41, 5.74) is 0.361. The molecule has 1 heterocycles. The number of nitrogens with zero attached hydrogens (tertiary/aromatic N) is 1. The largest absolute Gasteiger partial charge is 0.464 e. The molecule has 0 saturated heterocycles. The fraction of sp³-hybridized carbons (Fsp3) is 0.300. The molecule has 0 bridgehead atoms. The van der Waals surface area contributed by atoms with E-state index in [1.54, 1.807) is 6.07 Å². The lowest BCUT2D eigenvalue weighted by atomic mass is 10.3. The summed E-state index contributed by atoms with van der Waals surface area (Å²) >= 11 is 0. The number of carbonyl (C=O) groups is 2. The van der Waals surface area contributed by atoms with Crippen molar-refractivity contribution in [2.45, 2.75) is 13.8 Å². The van der Waals surface area contributed by atoms with Gasteiger partial charge in [0.25, 0.3) is 0 Å². The first-order valence-electron chi connectivity index (χ1n) is 4.28. The summed E-state index contributed by atoms with van der Waals surface area (Å²) in [5.74, 6) is -0.543. The van der Waals surface area contributed by atoms with Gasteiger partial charge in [-0.1, -0.05) is 19.9 Å². The van der Waals surface area contributed by atoms with Crippen molar-refractivity contribution in [2.24, 2.45) is 0 Å². The highest BCUT2D eigenvalue weighted by Gasteiger charge is 2.06. The summed E-state index contributed by atoms with van der Waals surface area (Å²) in [6.45, 7) is 4.00. The molecule has 0 aliphatic rings. The van der Waals surface area contributed by atoms with Crippen LogP contribution in [0.25, 0.3) is 0 Å². The molecule has 4 nitrogen and oxygen atoms in total. The number of esters is 1. The van der Waals surface area contributed by atoms with Gasteiger partial charge in [-0.3, -0.25) is 4.79 Å². The predicted molar refractivity (Wildman–Crippen MR) is 52.3 cm³/mol. The van der Waals surface area contributed by atoms with Gasteiger partial charge in [0.1, 0.15) is 11.4 Å². The Morgan fingerprint density at radius 1 is 1.43 bits per heavy atom. The number of aldehydes is 1. The van der Waals surface area contributed by atoms with E-state index < -0.39 is 5.97 Å². The van der Waals surface area contributed by atoms with Crippen LogP contribution in [0, 0.1) is 0 Å². The number of methoxy groups -OCH3 is 1. The zero-order valence-corrected chi connectivity index (χ0v) is 8.48. The lowest BCUT2D eigenvalue weighted by Crippen LogP contribution is -2.05. The van der Waals surface area contributed by atoms with Gasteiger partial charge in [-0.25, -0.2) is 9.78 Å². The van der Waals surface area contributed by atoms with E-state index in [0.29, 0.717) is 6.29 Å². The van der Waals surface area contributed by atoms with E-state index in [2.05, 4.69) is 9.72 Å². The topological polar surface area (TPSA) is 56.3 Å². The zero-order valence-electron chi connectivity index (χ0n) is 8.48. The summed E-state index contributed by atoms with van der Waals surface area (Å²) in [4.78, 5) is 24.9. The number of ether oxygens (including phenoxy) is 1. The molecule has 0 spiro atoms. The van der Waals surface area contributed by atoms with Gasteiger partial charge in [-0.15, -0.1) is 0 Å². The molecule has 0 fully saturated rings. The molecule has 1 rings (SSSR count). The molecule has 4 heteroatoms. The summed E-state index contributed by atoms with van der Waals surface area (Å²) in [7, 11) is 1.26. The van der Waals surface area contributed by atoms with E-state index in [-0.39, 0.29) is 11.4 Å². The van der Waals surface area contributed by atoms with Crippen molar-refractivity contribution in [3.63, 3.8) is 0 Å². The van der Waals surface area contributed by atoms with Gasteiger partial charge in [0.2, 0.25) is 0 Å². The molecule has 0 aliphatic heterocycles. The van der Waals surface area contributed by atoms with Crippen LogP contribution in [0.5, 0.6) is 0 Å². The van der Waals surface area contributed by atoms with E-state index in [1.165, 1.54) is 19.2 Å². The molecule has 0 atom stereocenters. The average Bonchev–Trinajstić information content (AvgIpc) is 2.30. The Morgan fingerprint density at radius 3 is 2.57 bits per heavy atom. The number of aromatic nitrogens is 1. The highest BCUT2D eigenvalue weighted by Crippen LogP contribution is 1.98.